The first-order valence-corrected chi connectivity index (χ1v) is 8.44. The average Bonchev–Trinajstić information content (AvgIpc) is 3.14. The topological polar surface area (TPSA) is 102 Å². The number of tetrazole rings is 1. The van der Waals surface area contributed by atoms with E-state index in [1.54, 1.807) is 19.1 Å². The third kappa shape index (κ3) is 4.28. The number of carbonyl (C=O) groups excluding carboxylic acids is 2. The monoisotopic (exact) mass is 352 g/mol. The van der Waals surface area contributed by atoms with Crippen LogP contribution in [0.25, 0.3) is 5.00 Å². The van der Waals surface area contributed by atoms with Gasteiger partial charge in [-0.25, -0.2) is 4.79 Å². The second kappa shape index (κ2) is 7.86. The van der Waals surface area contributed by atoms with Crippen molar-refractivity contribution in [2.24, 2.45) is 0 Å². The van der Waals surface area contributed by atoms with E-state index >= 15 is 0 Å². The Balaban J connectivity index is 2.05. The highest BCUT2D eigenvalue weighted by Crippen LogP contribution is 2.10. The lowest BCUT2D eigenvalue weighted by Gasteiger charge is -2.20. The fourth-order valence-corrected chi connectivity index (χ4v) is 2.72. The van der Waals surface area contributed by atoms with E-state index in [4.69, 9.17) is 0 Å². The number of thiophene rings is 1. The first-order valence-electron chi connectivity index (χ1n) is 7.56. The molecule has 130 valence electrons. The third-order valence-electron chi connectivity index (χ3n) is 3.16. The molecule has 0 aliphatic rings. The molecule has 1 N–H and O–H groups in total. The van der Waals surface area contributed by atoms with Crippen molar-refractivity contribution in [3.8, 4) is 5.00 Å². The molecule has 0 aromatic carbocycles. The van der Waals surface area contributed by atoms with Crippen LogP contribution < -0.4 is 11.0 Å². The fraction of sp³-hybridized carbons (Fsp3) is 0.500. The molecule has 0 aliphatic heterocycles. The maximum absolute atomic E-state index is 12.3. The summed E-state index contributed by atoms with van der Waals surface area (Å²) in [5, 5.41) is 12.7. The van der Waals surface area contributed by atoms with Crippen molar-refractivity contribution in [3.05, 3.63) is 28.0 Å². The number of hydrogen-bond acceptors (Lipinski definition) is 6. The second-order valence-corrected chi connectivity index (χ2v) is 6.34. The molecule has 24 heavy (non-hydrogen) atoms. The quantitative estimate of drug-likeness (QED) is 0.747. The minimum atomic E-state index is -0.492. The van der Waals surface area contributed by atoms with Gasteiger partial charge in [-0.15, -0.1) is 11.3 Å². The van der Waals surface area contributed by atoms with Crippen LogP contribution >= 0.6 is 11.3 Å². The molecule has 2 aromatic rings. The Labute approximate surface area is 142 Å². The van der Waals surface area contributed by atoms with Crippen molar-refractivity contribution in [1.82, 2.24) is 30.0 Å². The molecular weight excluding hydrogens is 332 g/mol. The number of likely N-dealkylation sites (N-methyl/N-ethyl adjacent to an activating group) is 1. The van der Waals surface area contributed by atoms with Gasteiger partial charge in [-0.1, -0.05) is 0 Å². The van der Waals surface area contributed by atoms with Crippen molar-refractivity contribution >= 4 is 23.2 Å². The maximum Gasteiger partial charge on any atom is 0.369 e. The molecule has 9 nitrogen and oxygen atoms in total. The predicted molar refractivity (Wildman–Crippen MR) is 89.0 cm³/mol. The third-order valence-corrected chi connectivity index (χ3v) is 4.00. The summed E-state index contributed by atoms with van der Waals surface area (Å²) in [5.41, 5.74) is -0.492. The molecule has 2 heterocycles. The van der Waals surface area contributed by atoms with Crippen LogP contribution in [0.1, 0.15) is 20.8 Å². The van der Waals surface area contributed by atoms with Gasteiger partial charge in [0.2, 0.25) is 11.8 Å². The first-order chi connectivity index (χ1) is 11.4. The summed E-state index contributed by atoms with van der Waals surface area (Å²) in [4.78, 5) is 37.7. The molecule has 2 rings (SSSR count). The zero-order chi connectivity index (χ0) is 17.7. The highest BCUT2D eigenvalue weighted by atomic mass is 32.1. The van der Waals surface area contributed by atoms with Gasteiger partial charge in [0.25, 0.3) is 0 Å². The summed E-state index contributed by atoms with van der Waals surface area (Å²) in [5.74, 6) is -0.605. The lowest BCUT2D eigenvalue weighted by Crippen LogP contribution is -2.44. The molecular formula is C14H20N6O3S. The van der Waals surface area contributed by atoms with Gasteiger partial charge in [-0.3, -0.25) is 9.59 Å². The van der Waals surface area contributed by atoms with E-state index in [9.17, 15) is 14.4 Å². The Kier molecular flexibility index (Phi) is 5.85. The molecule has 0 spiro atoms. The van der Waals surface area contributed by atoms with Gasteiger partial charge in [0.1, 0.15) is 11.5 Å². The van der Waals surface area contributed by atoms with Crippen LogP contribution in [-0.4, -0.2) is 55.6 Å². The summed E-state index contributed by atoms with van der Waals surface area (Å²) >= 11 is 1.35. The molecule has 10 heteroatoms. The lowest BCUT2D eigenvalue weighted by atomic mass is 10.3. The molecule has 2 aromatic heterocycles. The van der Waals surface area contributed by atoms with Gasteiger partial charge < -0.3 is 10.2 Å². The van der Waals surface area contributed by atoms with Crippen LogP contribution in [0.15, 0.2) is 22.3 Å². The number of amides is 2. The van der Waals surface area contributed by atoms with Crippen LogP contribution in [0.2, 0.25) is 0 Å². The second-order valence-electron chi connectivity index (χ2n) is 5.41. The molecule has 2 amide bonds. The molecule has 0 radical (unpaired) electrons. The molecule has 0 aliphatic carbocycles. The largest absolute Gasteiger partial charge is 0.369 e. The summed E-state index contributed by atoms with van der Waals surface area (Å²) in [6.45, 7) is 5.51. The minimum absolute atomic E-state index is 0.000350. The average molecular weight is 352 g/mol. The summed E-state index contributed by atoms with van der Waals surface area (Å²) in [6.07, 6.45) is 0. The number of carbonyl (C=O) groups is 2. The number of nitrogens with one attached hydrogen (secondary N) is 1. The highest BCUT2D eigenvalue weighted by Gasteiger charge is 2.19. The Bertz CT molecular complexity index is 749. The molecule has 0 bridgehead atoms. The van der Waals surface area contributed by atoms with Crippen molar-refractivity contribution < 1.29 is 9.59 Å². The smallest absolute Gasteiger partial charge is 0.352 e. The van der Waals surface area contributed by atoms with Gasteiger partial charge in [0, 0.05) is 12.6 Å². The number of hydrogen-bond donors (Lipinski definition) is 1. The van der Waals surface area contributed by atoms with E-state index in [2.05, 4.69) is 15.7 Å². The van der Waals surface area contributed by atoms with E-state index in [1.807, 2.05) is 19.2 Å². The molecule has 0 unspecified atom stereocenters. The van der Waals surface area contributed by atoms with Gasteiger partial charge in [-0.05, 0) is 48.7 Å². The van der Waals surface area contributed by atoms with Gasteiger partial charge >= 0.3 is 5.69 Å². The summed E-state index contributed by atoms with van der Waals surface area (Å²) in [6, 6.07) is 3.53. The summed E-state index contributed by atoms with van der Waals surface area (Å²) in [7, 11) is 0. The molecule has 0 atom stereocenters. The zero-order valence-corrected chi connectivity index (χ0v) is 14.6. The van der Waals surface area contributed by atoms with E-state index in [1.165, 1.54) is 16.2 Å². The SMILES string of the molecule is CCN(CC(=O)NC(C)C)C(=O)Cn1nnn(-c2cccs2)c1=O. The molecule has 0 fully saturated rings. The Morgan fingerprint density at radius 3 is 2.71 bits per heavy atom. The van der Waals surface area contributed by atoms with Crippen LogP contribution in [0, 0.1) is 0 Å². The number of aromatic nitrogens is 4. The Hall–Kier alpha value is -2.49. The zero-order valence-electron chi connectivity index (χ0n) is 13.8. The number of nitrogens with zero attached hydrogens (tertiary/aromatic N) is 5. The standard InChI is InChI=1S/C14H20N6O3S/c1-4-18(8-11(21)15-10(2)3)12(22)9-19-14(23)20(17-16-19)13-6-5-7-24-13/h5-7,10H,4,8-9H2,1-3H3,(H,15,21). The van der Waals surface area contributed by atoms with Crippen molar-refractivity contribution in [2.45, 2.75) is 33.4 Å². The maximum atomic E-state index is 12.3. The highest BCUT2D eigenvalue weighted by molar-refractivity contribution is 7.12. The van der Waals surface area contributed by atoms with Crippen molar-refractivity contribution in [1.29, 1.82) is 0 Å². The van der Waals surface area contributed by atoms with E-state index in [0.29, 0.717) is 11.5 Å². The molecule has 0 saturated carbocycles. The number of rotatable bonds is 7. The van der Waals surface area contributed by atoms with E-state index in [-0.39, 0.29) is 30.9 Å². The van der Waals surface area contributed by atoms with Gasteiger partial charge in [0.05, 0.1) is 6.54 Å². The predicted octanol–water partition coefficient (Wildman–Crippen LogP) is -0.136. The van der Waals surface area contributed by atoms with E-state index in [0.717, 1.165) is 9.36 Å². The van der Waals surface area contributed by atoms with Gasteiger partial charge in [0.15, 0.2) is 0 Å². The Morgan fingerprint density at radius 1 is 1.38 bits per heavy atom. The fourth-order valence-electron chi connectivity index (χ4n) is 2.05. The first kappa shape index (κ1) is 17.9. The lowest BCUT2D eigenvalue weighted by molar-refractivity contribution is -0.136. The van der Waals surface area contributed by atoms with Crippen molar-refractivity contribution in [3.63, 3.8) is 0 Å². The summed E-state index contributed by atoms with van der Waals surface area (Å²) < 4.78 is 2.13. The van der Waals surface area contributed by atoms with Gasteiger partial charge in [-0.2, -0.15) is 9.36 Å². The van der Waals surface area contributed by atoms with Crippen LogP contribution in [0.5, 0.6) is 0 Å². The Morgan fingerprint density at radius 2 is 2.12 bits per heavy atom. The molecule has 0 saturated heterocycles. The van der Waals surface area contributed by atoms with Crippen molar-refractivity contribution in [2.75, 3.05) is 13.1 Å². The normalized spacial score (nSPS) is 10.8. The van der Waals surface area contributed by atoms with Crippen LogP contribution in [0.4, 0.5) is 0 Å². The van der Waals surface area contributed by atoms with Crippen LogP contribution in [-0.2, 0) is 16.1 Å². The van der Waals surface area contributed by atoms with E-state index < -0.39 is 5.69 Å². The minimum Gasteiger partial charge on any atom is -0.352 e. The van der Waals surface area contributed by atoms with Crippen LogP contribution in [0.3, 0.4) is 0 Å².